The maximum absolute atomic E-state index is 6.40. The third-order valence-corrected chi connectivity index (χ3v) is 10.6. The van der Waals surface area contributed by atoms with Crippen LogP contribution in [-0.4, -0.2) is 14.5 Å². The van der Waals surface area contributed by atoms with Crippen LogP contribution in [0, 0.1) is 0 Å². The molecule has 252 valence electrons. The Morgan fingerprint density at radius 2 is 1.06 bits per heavy atom. The second kappa shape index (κ2) is 12.1. The molecule has 0 unspecified atom stereocenters. The first kappa shape index (κ1) is 30.3. The number of aromatic nitrogens is 3. The van der Waals surface area contributed by atoms with Crippen LogP contribution in [-0.2, 0) is 0 Å². The summed E-state index contributed by atoms with van der Waals surface area (Å²) in [5.74, 6) is 0.682. The number of rotatable bonds is 5. The van der Waals surface area contributed by atoms with Crippen LogP contribution in [0.5, 0.6) is 0 Å². The fraction of sp³-hybridized carbons (Fsp3) is 0. The smallest absolute Gasteiger partial charge is 0.160 e. The van der Waals surface area contributed by atoms with Crippen molar-refractivity contribution in [3.05, 3.63) is 188 Å². The average molecular weight is 690 g/mol. The van der Waals surface area contributed by atoms with Crippen LogP contribution in [0.1, 0.15) is 0 Å². The van der Waals surface area contributed by atoms with Crippen molar-refractivity contribution in [2.45, 2.75) is 0 Å². The van der Waals surface area contributed by atoms with Gasteiger partial charge in [0.1, 0.15) is 11.2 Å². The maximum atomic E-state index is 6.40. The number of hydrogen-bond donors (Lipinski definition) is 0. The Morgan fingerprint density at radius 3 is 1.94 bits per heavy atom. The normalized spacial score (nSPS) is 11.7. The lowest BCUT2D eigenvalue weighted by molar-refractivity contribution is 0.670. The topological polar surface area (TPSA) is 43.9 Å². The molecule has 4 heteroatoms. The van der Waals surface area contributed by atoms with E-state index in [2.05, 4.69) is 174 Å². The van der Waals surface area contributed by atoms with Crippen LogP contribution in [0.15, 0.2) is 192 Å². The predicted molar refractivity (Wildman–Crippen MR) is 223 cm³/mol. The summed E-state index contributed by atoms with van der Waals surface area (Å²) in [6, 6.07) is 66.1. The van der Waals surface area contributed by atoms with E-state index in [1.807, 2.05) is 18.2 Å². The Balaban J connectivity index is 1.06. The van der Waals surface area contributed by atoms with Gasteiger partial charge in [0.05, 0.1) is 22.2 Å². The quantitative estimate of drug-likeness (QED) is 0.181. The number of para-hydroxylation sites is 4. The summed E-state index contributed by atoms with van der Waals surface area (Å²) in [4.78, 5) is 10.5. The fourth-order valence-corrected chi connectivity index (χ4v) is 8.06. The van der Waals surface area contributed by atoms with Crippen LogP contribution in [0.3, 0.4) is 0 Å². The minimum Gasteiger partial charge on any atom is -0.455 e. The molecule has 0 fully saturated rings. The van der Waals surface area contributed by atoms with Crippen LogP contribution < -0.4 is 0 Å². The molecule has 0 spiro atoms. The van der Waals surface area contributed by atoms with Crippen molar-refractivity contribution in [2.24, 2.45) is 0 Å². The Morgan fingerprint density at radius 1 is 0.389 bits per heavy atom. The Hall–Kier alpha value is -7.30. The monoisotopic (exact) mass is 689 g/mol. The molecular formula is C50H31N3O. The lowest BCUT2D eigenvalue weighted by atomic mass is 9.98. The summed E-state index contributed by atoms with van der Waals surface area (Å²) in [6.07, 6.45) is 0. The SMILES string of the molecule is c1ccc(-c2nc(-c3cccc(-c4cccc5c4oc4ccccc45)c3)nc3ccc(-c4ccc5c6ccccc6n(-c6ccccc6)c5c4)cc23)cc1. The third kappa shape index (κ3) is 4.85. The summed E-state index contributed by atoms with van der Waals surface area (Å²) in [5, 5.41) is 5.71. The van der Waals surface area contributed by atoms with Gasteiger partial charge in [0, 0.05) is 49.3 Å². The van der Waals surface area contributed by atoms with Crippen molar-refractivity contribution in [3.8, 4) is 50.6 Å². The standard InChI is InChI=1S/C50H31N3O/c1-3-13-32(14-4-1)48-43-30-33(34-25-27-40-39-19-7-9-23-45(39)53(46(40)31-34)37-17-5-2-6-18-37)26-28-44(43)51-50(52-48)36-16-11-15-35(29-36)38-21-12-22-42-41-20-8-10-24-47(41)54-49(38)42/h1-31H. The molecular weight excluding hydrogens is 659 g/mol. The average Bonchev–Trinajstić information content (AvgIpc) is 3.79. The molecule has 0 bridgehead atoms. The van der Waals surface area contributed by atoms with Crippen LogP contribution in [0.4, 0.5) is 0 Å². The van der Waals surface area contributed by atoms with Gasteiger partial charge in [0.2, 0.25) is 0 Å². The highest BCUT2D eigenvalue weighted by molar-refractivity contribution is 6.11. The van der Waals surface area contributed by atoms with Gasteiger partial charge < -0.3 is 8.98 Å². The zero-order chi connectivity index (χ0) is 35.6. The molecule has 3 heterocycles. The van der Waals surface area contributed by atoms with E-state index in [1.165, 1.54) is 21.8 Å². The molecule has 0 saturated heterocycles. The molecule has 11 aromatic rings. The summed E-state index contributed by atoms with van der Waals surface area (Å²) in [5.41, 5.74) is 13.4. The van der Waals surface area contributed by atoms with E-state index >= 15 is 0 Å². The molecule has 11 rings (SSSR count). The summed E-state index contributed by atoms with van der Waals surface area (Å²) < 4.78 is 8.77. The van der Waals surface area contributed by atoms with Gasteiger partial charge in [-0.05, 0) is 65.2 Å². The zero-order valence-electron chi connectivity index (χ0n) is 29.1. The maximum Gasteiger partial charge on any atom is 0.160 e. The lowest BCUT2D eigenvalue weighted by Crippen LogP contribution is -1.96. The second-order valence-electron chi connectivity index (χ2n) is 13.8. The number of hydrogen-bond acceptors (Lipinski definition) is 3. The van der Waals surface area contributed by atoms with E-state index in [-0.39, 0.29) is 0 Å². The van der Waals surface area contributed by atoms with E-state index < -0.39 is 0 Å². The largest absolute Gasteiger partial charge is 0.455 e. The van der Waals surface area contributed by atoms with E-state index in [1.54, 1.807) is 0 Å². The molecule has 54 heavy (non-hydrogen) atoms. The predicted octanol–water partition coefficient (Wildman–Crippen LogP) is 13.3. The number of fused-ring (bicyclic) bond motifs is 7. The van der Waals surface area contributed by atoms with E-state index in [4.69, 9.17) is 14.4 Å². The minimum atomic E-state index is 0.682. The van der Waals surface area contributed by atoms with E-state index in [9.17, 15) is 0 Å². The van der Waals surface area contributed by atoms with E-state index in [0.29, 0.717) is 5.82 Å². The molecule has 4 nitrogen and oxygen atoms in total. The summed E-state index contributed by atoms with van der Waals surface area (Å²) >= 11 is 0. The molecule has 0 atom stereocenters. The first-order chi connectivity index (χ1) is 26.8. The first-order valence-corrected chi connectivity index (χ1v) is 18.2. The lowest BCUT2D eigenvalue weighted by Gasteiger charge is -2.13. The van der Waals surface area contributed by atoms with Gasteiger partial charge in [0.15, 0.2) is 5.82 Å². The highest BCUT2D eigenvalue weighted by Gasteiger charge is 2.17. The number of benzene rings is 8. The van der Waals surface area contributed by atoms with Crippen molar-refractivity contribution >= 4 is 54.6 Å². The van der Waals surface area contributed by atoms with Crippen LogP contribution in [0.25, 0.3) is 105 Å². The summed E-state index contributed by atoms with van der Waals surface area (Å²) in [6.45, 7) is 0. The third-order valence-electron chi connectivity index (χ3n) is 10.6. The van der Waals surface area contributed by atoms with Gasteiger partial charge in [-0.3, -0.25) is 0 Å². The van der Waals surface area contributed by atoms with Gasteiger partial charge in [-0.1, -0.05) is 140 Å². The van der Waals surface area contributed by atoms with Crippen molar-refractivity contribution in [2.75, 3.05) is 0 Å². The molecule has 0 N–H and O–H groups in total. The van der Waals surface area contributed by atoms with Crippen molar-refractivity contribution in [3.63, 3.8) is 0 Å². The Bertz CT molecular complexity index is 3210. The highest BCUT2D eigenvalue weighted by Crippen LogP contribution is 2.39. The Labute approximate surface area is 311 Å². The molecule has 0 aliphatic carbocycles. The van der Waals surface area contributed by atoms with Crippen molar-refractivity contribution in [1.29, 1.82) is 0 Å². The van der Waals surface area contributed by atoms with Gasteiger partial charge in [-0.25, -0.2) is 9.97 Å². The second-order valence-corrected chi connectivity index (χ2v) is 13.8. The van der Waals surface area contributed by atoms with E-state index in [0.717, 1.165) is 77.6 Å². The molecule has 0 aliphatic rings. The first-order valence-electron chi connectivity index (χ1n) is 18.2. The van der Waals surface area contributed by atoms with Gasteiger partial charge in [-0.15, -0.1) is 0 Å². The molecule has 0 saturated carbocycles. The molecule has 0 aliphatic heterocycles. The summed E-state index contributed by atoms with van der Waals surface area (Å²) in [7, 11) is 0. The Kier molecular flexibility index (Phi) is 6.82. The number of nitrogens with zero attached hydrogens (tertiary/aromatic N) is 3. The van der Waals surface area contributed by atoms with Gasteiger partial charge in [0.25, 0.3) is 0 Å². The van der Waals surface area contributed by atoms with Crippen LogP contribution >= 0.6 is 0 Å². The highest BCUT2D eigenvalue weighted by atomic mass is 16.3. The van der Waals surface area contributed by atoms with Crippen molar-refractivity contribution in [1.82, 2.24) is 14.5 Å². The molecule has 0 radical (unpaired) electrons. The number of furan rings is 1. The van der Waals surface area contributed by atoms with Gasteiger partial charge >= 0.3 is 0 Å². The van der Waals surface area contributed by atoms with Crippen molar-refractivity contribution < 1.29 is 4.42 Å². The molecule has 3 aromatic heterocycles. The molecule has 0 amide bonds. The zero-order valence-corrected chi connectivity index (χ0v) is 29.1. The fourth-order valence-electron chi connectivity index (χ4n) is 8.06. The minimum absolute atomic E-state index is 0.682. The molecule has 8 aromatic carbocycles. The van der Waals surface area contributed by atoms with Gasteiger partial charge in [-0.2, -0.15) is 0 Å². The van der Waals surface area contributed by atoms with Crippen LogP contribution in [0.2, 0.25) is 0 Å².